The van der Waals surface area contributed by atoms with Gasteiger partial charge in [0, 0.05) is 23.4 Å². The first-order chi connectivity index (χ1) is 10.8. The fourth-order valence-electron chi connectivity index (χ4n) is 2.15. The van der Waals surface area contributed by atoms with Crippen LogP contribution in [-0.2, 0) is 0 Å². The van der Waals surface area contributed by atoms with Crippen LogP contribution in [0.25, 0.3) is 0 Å². The lowest BCUT2D eigenvalue weighted by molar-refractivity contribution is 0.111. The molecule has 0 N–H and O–H groups in total. The predicted molar refractivity (Wildman–Crippen MR) is 87.0 cm³/mol. The normalized spacial score (nSPS) is 10.0. The van der Waals surface area contributed by atoms with Gasteiger partial charge in [-0.1, -0.05) is 0 Å². The van der Waals surface area contributed by atoms with Gasteiger partial charge in [-0.15, -0.1) is 0 Å². The number of hydrogen-bond donors (Lipinski definition) is 0. The molecule has 114 valence electrons. The maximum Gasteiger partial charge on any atom is 0.150 e. The van der Waals surface area contributed by atoms with Crippen molar-refractivity contribution in [2.45, 2.75) is 6.92 Å². The fourth-order valence-corrected chi connectivity index (χ4v) is 2.15. The van der Waals surface area contributed by atoms with Gasteiger partial charge in [0.15, 0.2) is 0 Å². The van der Waals surface area contributed by atoms with Crippen LogP contribution in [0.5, 0.6) is 5.75 Å². The number of aldehydes is 2. The van der Waals surface area contributed by atoms with Crippen LogP contribution in [0.4, 0.5) is 5.69 Å². The maximum absolute atomic E-state index is 10.7. The first-order valence-electron chi connectivity index (χ1n) is 7.25. The zero-order valence-electron chi connectivity index (χ0n) is 12.6. The minimum Gasteiger partial charge on any atom is -0.492 e. The van der Waals surface area contributed by atoms with Gasteiger partial charge in [0.05, 0.1) is 6.54 Å². The van der Waals surface area contributed by atoms with Crippen molar-refractivity contribution in [1.82, 2.24) is 0 Å². The van der Waals surface area contributed by atoms with Crippen molar-refractivity contribution in [3.63, 3.8) is 0 Å². The summed E-state index contributed by atoms with van der Waals surface area (Å²) >= 11 is 0. The molecule has 0 aliphatic rings. The summed E-state index contributed by atoms with van der Waals surface area (Å²) in [6.45, 7) is 4.22. The molecule has 0 spiro atoms. The molecule has 0 aliphatic carbocycles. The van der Waals surface area contributed by atoms with E-state index in [-0.39, 0.29) is 0 Å². The summed E-state index contributed by atoms with van der Waals surface area (Å²) in [6.07, 6.45) is 1.65. The number of anilines is 1. The summed E-state index contributed by atoms with van der Waals surface area (Å²) in [5, 5.41) is 0. The summed E-state index contributed by atoms with van der Waals surface area (Å²) in [4.78, 5) is 23.4. The quantitative estimate of drug-likeness (QED) is 0.702. The Morgan fingerprint density at radius 3 is 1.95 bits per heavy atom. The van der Waals surface area contributed by atoms with Crippen LogP contribution >= 0.6 is 0 Å². The average molecular weight is 297 g/mol. The number of hydrogen-bond acceptors (Lipinski definition) is 4. The topological polar surface area (TPSA) is 46.6 Å². The number of likely N-dealkylation sites (N-methyl/N-ethyl adjacent to an activating group) is 1. The monoisotopic (exact) mass is 297 g/mol. The van der Waals surface area contributed by atoms with Crippen LogP contribution in [-0.4, -0.2) is 32.3 Å². The van der Waals surface area contributed by atoms with Gasteiger partial charge in [-0.25, -0.2) is 0 Å². The molecule has 0 unspecified atom stereocenters. The van der Waals surface area contributed by atoms with Crippen LogP contribution in [0.3, 0.4) is 0 Å². The molecule has 0 atom stereocenters. The molecule has 2 aromatic rings. The van der Waals surface area contributed by atoms with E-state index >= 15 is 0 Å². The summed E-state index contributed by atoms with van der Waals surface area (Å²) in [6, 6.07) is 14.5. The van der Waals surface area contributed by atoms with Crippen LogP contribution < -0.4 is 9.64 Å². The van der Waals surface area contributed by atoms with Crippen molar-refractivity contribution >= 4 is 18.3 Å². The Kier molecular flexibility index (Phi) is 5.72. The second-order valence-electron chi connectivity index (χ2n) is 4.82. The van der Waals surface area contributed by atoms with Gasteiger partial charge in [0.2, 0.25) is 0 Å². The third kappa shape index (κ3) is 4.19. The number of ether oxygens (including phenoxy) is 1. The first-order valence-corrected chi connectivity index (χ1v) is 7.25. The van der Waals surface area contributed by atoms with E-state index in [0.29, 0.717) is 17.7 Å². The van der Waals surface area contributed by atoms with E-state index in [4.69, 9.17) is 4.74 Å². The van der Waals surface area contributed by atoms with E-state index in [1.54, 1.807) is 24.3 Å². The predicted octanol–water partition coefficient (Wildman–Crippen LogP) is 3.22. The number of carbonyl (C=O) groups excluding carboxylic acids is 2. The van der Waals surface area contributed by atoms with Gasteiger partial charge in [0.25, 0.3) is 0 Å². The van der Waals surface area contributed by atoms with Gasteiger partial charge in [0.1, 0.15) is 24.9 Å². The molecule has 0 aromatic heterocycles. The van der Waals surface area contributed by atoms with Crippen molar-refractivity contribution in [1.29, 1.82) is 0 Å². The molecule has 4 nitrogen and oxygen atoms in total. The highest BCUT2D eigenvalue weighted by Crippen LogP contribution is 2.15. The van der Waals surface area contributed by atoms with Gasteiger partial charge < -0.3 is 9.64 Å². The Morgan fingerprint density at radius 2 is 1.45 bits per heavy atom. The molecule has 0 saturated carbocycles. The summed E-state index contributed by atoms with van der Waals surface area (Å²) in [5.74, 6) is 0.748. The third-order valence-corrected chi connectivity index (χ3v) is 3.42. The van der Waals surface area contributed by atoms with E-state index in [0.717, 1.165) is 37.1 Å². The minimum absolute atomic E-state index is 0.545. The van der Waals surface area contributed by atoms with E-state index in [1.807, 2.05) is 24.3 Å². The molecular formula is C18H19NO3. The smallest absolute Gasteiger partial charge is 0.150 e. The van der Waals surface area contributed by atoms with Gasteiger partial charge >= 0.3 is 0 Å². The van der Waals surface area contributed by atoms with E-state index in [1.165, 1.54) is 0 Å². The minimum atomic E-state index is 0.545. The van der Waals surface area contributed by atoms with Crippen LogP contribution in [0.15, 0.2) is 48.5 Å². The van der Waals surface area contributed by atoms with Crippen molar-refractivity contribution in [3.8, 4) is 5.75 Å². The summed E-state index contributed by atoms with van der Waals surface area (Å²) < 4.78 is 5.69. The second kappa shape index (κ2) is 7.98. The Labute approximate surface area is 130 Å². The van der Waals surface area contributed by atoms with E-state index in [9.17, 15) is 9.59 Å². The van der Waals surface area contributed by atoms with Crippen molar-refractivity contribution in [2.24, 2.45) is 0 Å². The SMILES string of the molecule is CCN(CCOc1ccc(C=O)cc1)c1ccc(C=O)cc1. The van der Waals surface area contributed by atoms with E-state index < -0.39 is 0 Å². The van der Waals surface area contributed by atoms with Gasteiger partial charge in [-0.3, -0.25) is 9.59 Å². The number of benzene rings is 2. The van der Waals surface area contributed by atoms with Crippen molar-refractivity contribution in [3.05, 3.63) is 59.7 Å². The molecule has 0 bridgehead atoms. The number of carbonyl (C=O) groups is 2. The molecule has 0 radical (unpaired) electrons. The Morgan fingerprint density at radius 1 is 0.909 bits per heavy atom. The zero-order chi connectivity index (χ0) is 15.8. The lowest BCUT2D eigenvalue weighted by atomic mass is 10.2. The highest BCUT2D eigenvalue weighted by atomic mass is 16.5. The number of rotatable bonds is 8. The zero-order valence-corrected chi connectivity index (χ0v) is 12.6. The molecule has 2 rings (SSSR count). The molecule has 0 fully saturated rings. The Balaban J connectivity index is 1.89. The fraction of sp³-hybridized carbons (Fsp3) is 0.222. The lowest BCUT2D eigenvalue weighted by Gasteiger charge is -2.23. The Bertz CT molecular complexity index is 605. The lowest BCUT2D eigenvalue weighted by Crippen LogP contribution is -2.28. The Hall–Kier alpha value is -2.62. The maximum atomic E-state index is 10.7. The van der Waals surface area contributed by atoms with Crippen LogP contribution in [0.2, 0.25) is 0 Å². The highest BCUT2D eigenvalue weighted by Gasteiger charge is 2.04. The van der Waals surface area contributed by atoms with Gasteiger partial charge in [-0.05, 0) is 55.5 Å². The number of nitrogens with zero attached hydrogens (tertiary/aromatic N) is 1. The van der Waals surface area contributed by atoms with Gasteiger partial charge in [-0.2, -0.15) is 0 Å². The molecule has 0 aliphatic heterocycles. The second-order valence-corrected chi connectivity index (χ2v) is 4.82. The van der Waals surface area contributed by atoms with Crippen molar-refractivity contribution < 1.29 is 14.3 Å². The van der Waals surface area contributed by atoms with Crippen LogP contribution in [0.1, 0.15) is 27.6 Å². The first kappa shape index (κ1) is 15.8. The molecule has 2 aromatic carbocycles. The third-order valence-electron chi connectivity index (χ3n) is 3.42. The average Bonchev–Trinajstić information content (AvgIpc) is 2.59. The standard InChI is InChI=1S/C18H19NO3/c1-2-19(17-7-3-15(13-20)4-8-17)11-12-22-18-9-5-16(14-21)6-10-18/h3-10,13-14H,2,11-12H2,1H3. The molecule has 22 heavy (non-hydrogen) atoms. The molecular weight excluding hydrogens is 278 g/mol. The summed E-state index contributed by atoms with van der Waals surface area (Å²) in [5.41, 5.74) is 2.37. The molecule has 0 heterocycles. The highest BCUT2D eigenvalue weighted by molar-refractivity contribution is 5.75. The summed E-state index contributed by atoms with van der Waals surface area (Å²) in [7, 11) is 0. The van der Waals surface area contributed by atoms with E-state index in [2.05, 4.69) is 11.8 Å². The molecule has 4 heteroatoms. The molecule has 0 amide bonds. The van der Waals surface area contributed by atoms with Crippen LogP contribution in [0, 0.1) is 0 Å². The van der Waals surface area contributed by atoms with Crippen molar-refractivity contribution in [2.75, 3.05) is 24.6 Å². The largest absolute Gasteiger partial charge is 0.492 e. The molecule has 0 saturated heterocycles.